The molecular weight excluding hydrogens is 429 g/mol. The second kappa shape index (κ2) is 9.59. The average molecular weight is 462 g/mol. The summed E-state index contributed by atoms with van der Waals surface area (Å²) in [4.78, 5) is 14.9. The van der Waals surface area contributed by atoms with Gasteiger partial charge in [0.1, 0.15) is 11.4 Å². The van der Waals surface area contributed by atoms with E-state index in [9.17, 15) is 14.3 Å². The predicted molar refractivity (Wildman–Crippen MR) is 133 cm³/mol. The fourth-order valence-corrected chi connectivity index (χ4v) is 4.80. The Morgan fingerprint density at radius 1 is 1.12 bits per heavy atom. The van der Waals surface area contributed by atoms with Crippen molar-refractivity contribution in [1.82, 2.24) is 4.90 Å². The summed E-state index contributed by atoms with van der Waals surface area (Å²) in [6.45, 7) is 6.01. The van der Waals surface area contributed by atoms with E-state index in [0.717, 1.165) is 28.7 Å². The van der Waals surface area contributed by atoms with Crippen LogP contribution in [-0.4, -0.2) is 33.8 Å². The van der Waals surface area contributed by atoms with Gasteiger partial charge in [-0.2, -0.15) is 0 Å². The molecule has 178 valence electrons. The second-order valence-corrected chi connectivity index (χ2v) is 9.88. The molecule has 1 aliphatic carbocycles. The van der Waals surface area contributed by atoms with Crippen LogP contribution in [0, 0.1) is 5.82 Å². The maximum Gasteiger partial charge on any atom is 0.411 e. The van der Waals surface area contributed by atoms with E-state index in [4.69, 9.17) is 4.74 Å². The number of amides is 1. The highest BCUT2D eigenvalue weighted by Gasteiger charge is 2.43. The standard InChI is InChI=1S/C29H32FNO3/c1-21(23-9-11-24(12-10-23)25-13-15-26(30)16-14-25)31-18-17-29(34-27(31)32,20-28(2,3)33)19-22-7-5-4-6-8-22/h4-7,9-16,19,21,33H,8,17-18,20H2,1-3H3. The lowest BCUT2D eigenvalue weighted by Crippen LogP contribution is -2.52. The first-order chi connectivity index (χ1) is 16.1. The van der Waals surface area contributed by atoms with Gasteiger partial charge < -0.3 is 14.7 Å². The molecule has 0 spiro atoms. The summed E-state index contributed by atoms with van der Waals surface area (Å²) in [7, 11) is 0. The number of carbonyl (C=O) groups excluding carboxylic acids is 1. The minimum Gasteiger partial charge on any atom is -0.438 e. The van der Waals surface area contributed by atoms with Crippen LogP contribution in [0.3, 0.4) is 0 Å². The van der Waals surface area contributed by atoms with E-state index in [2.05, 4.69) is 6.08 Å². The van der Waals surface area contributed by atoms with Gasteiger partial charge in [0, 0.05) is 19.4 Å². The Balaban J connectivity index is 1.51. The quantitative estimate of drug-likeness (QED) is 0.518. The molecule has 0 radical (unpaired) electrons. The van der Waals surface area contributed by atoms with Gasteiger partial charge in [-0.15, -0.1) is 0 Å². The molecule has 0 saturated carbocycles. The average Bonchev–Trinajstić information content (AvgIpc) is 2.79. The van der Waals surface area contributed by atoms with Crippen molar-refractivity contribution in [2.45, 2.75) is 57.3 Å². The summed E-state index contributed by atoms with van der Waals surface area (Å²) < 4.78 is 19.3. The molecule has 1 heterocycles. The minimum atomic E-state index is -0.977. The van der Waals surface area contributed by atoms with Crippen LogP contribution in [-0.2, 0) is 4.74 Å². The highest BCUT2D eigenvalue weighted by Crippen LogP contribution is 2.38. The third-order valence-corrected chi connectivity index (χ3v) is 6.43. The zero-order chi connectivity index (χ0) is 24.3. The lowest BCUT2D eigenvalue weighted by atomic mass is 9.83. The van der Waals surface area contributed by atoms with E-state index >= 15 is 0 Å². The van der Waals surface area contributed by atoms with Gasteiger partial charge >= 0.3 is 6.09 Å². The number of hydrogen-bond donors (Lipinski definition) is 1. The van der Waals surface area contributed by atoms with Gasteiger partial charge in [-0.3, -0.25) is 0 Å². The highest BCUT2D eigenvalue weighted by molar-refractivity contribution is 5.70. The zero-order valence-electron chi connectivity index (χ0n) is 20.0. The van der Waals surface area contributed by atoms with Gasteiger partial charge in [0.05, 0.1) is 11.6 Å². The number of allylic oxidation sites excluding steroid dienone is 5. The molecule has 5 heteroatoms. The molecule has 1 amide bonds. The Bertz CT molecular complexity index is 1110. The highest BCUT2D eigenvalue weighted by atomic mass is 19.1. The van der Waals surface area contributed by atoms with Crippen LogP contribution in [0.1, 0.15) is 51.6 Å². The van der Waals surface area contributed by atoms with E-state index < -0.39 is 11.2 Å². The largest absolute Gasteiger partial charge is 0.438 e. The number of benzene rings is 2. The Labute approximate surface area is 201 Å². The maximum atomic E-state index is 13.2. The monoisotopic (exact) mass is 461 g/mol. The fourth-order valence-electron chi connectivity index (χ4n) is 4.80. The SMILES string of the molecule is CC(c1ccc(-c2ccc(F)cc2)cc1)N1CCC(C=C2C=CC=CC2)(CC(C)(C)O)OC1=O. The molecule has 0 aromatic heterocycles. The van der Waals surface area contributed by atoms with Crippen LogP contribution in [0.15, 0.2) is 84.5 Å². The lowest BCUT2D eigenvalue weighted by molar-refractivity contribution is -0.0705. The molecule has 1 N–H and O–H groups in total. The molecule has 2 atom stereocenters. The number of aliphatic hydroxyl groups is 1. The first-order valence-electron chi connectivity index (χ1n) is 11.8. The van der Waals surface area contributed by atoms with Crippen molar-refractivity contribution >= 4 is 6.09 Å². The number of hydrogen-bond acceptors (Lipinski definition) is 3. The Morgan fingerprint density at radius 2 is 1.76 bits per heavy atom. The molecule has 0 bridgehead atoms. The first-order valence-corrected chi connectivity index (χ1v) is 11.8. The predicted octanol–water partition coefficient (Wildman–Crippen LogP) is 6.74. The van der Waals surface area contributed by atoms with Crippen LogP contribution in [0.5, 0.6) is 0 Å². The van der Waals surface area contributed by atoms with E-state index in [0.29, 0.717) is 19.4 Å². The second-order valence-electron chi connectivity index (χ2n) is 9.88. The Kier molecular flexibility index (Phi) is 6.76. The van der Waals surface area contributed by atoms with Crippen LogP contribution in [0.4, 0.5) is 9.18 Å². The zero-order valence-corrected chi connectivity index (χ0v) is 20.0. The molecule has 1 aliphatic heterocycles. The van der Waals surface area contributed by atoms with E-state index in [-0.39, 0.29) is 18.0 Å². The van der Waals surface area contributed by atoms with E-state index in [1.807, 2.05) is 55.5 Å². The lowest BCUT2D eigenvalue weighted by Gasteiger charge is -2.44. The van der Waals surface area contributed by atoms with Gasteiger partial charge in [0.2, 0.25) is 0 Å². The molecule has 2 unspecified atom stereocenters. The van der Waals surface area contributed by atoms with Gasteiger partial charge in [-0.05, 0) is 67.7 Å². The van der Waals surface area contributed by atoms with Crippen molar-refractivity contribution in [2.24, 2.45) is 0 Å². The van der Waals surface area contributed by atoms with Crippen molar-refractivity contribution in [2.75, 3.05) is 6.54 Å². The Morgan fingerprint density at radius 3 is 2.32 bits per heavy atom. The van der Waals surface area contributed by atoms with Gasteiger partial charge in [0.25, 0.3) is 0 Å². The third kappa shape index (κ3) is 5.65. The van der Waals surface area contributed by atoms with Crippen LogP contribution in [0.2, 0.25) is 0 Å². The summed E-state index contributed by atoms with van der Waals surface area (Å²) in [5.74, 6) is -0.259. The molecular formula is C29H32FNO3. The molecule has 2 aromatic rings. The Hall–Kier alpha value is -3.18. The summed E-state index contributed by atoms with van der Waals surface area (Å²) >= 11 is 0. The van der Waals surface area contributed by atoms with Crippen molar-refractivity contribution in [1.29, 1.82) is 0 Å². The number of ether oxygens (including phenoxy) is 1. The van der Waals surface area contributed by atoms with Crippen molar-refractivity contribution in [3.05, 3.63) is 95.9 Å². The summed E-state index contributed by atoms with van der Waals surface area (Å²) in [6, 6.07) is 14.2. The molecule has 4 nitrogen and oxygen atoms in total. The molecule has 2 aromatic carbocycles. The molecule has 2 aliphatic rings. The molecule has 4 rings (SSSR count). The summed E-state index contributed by atoms with van der Waals surface area (Å²) in [6.07, 6.45) is 11.4. The fraction of sp³-hybridized carbons (Fsp3) is 0.345. The number of rotatable bonds is 6. The molecule has 1 fully saturated rings. The third-order valence-electron chi connectivity index (χ3n) is 6.43. The van der Waals surface area contributed by atoms with E-state index in [1.165, 1.54) is 12.1 Å². The van der Waals surface area contributed by atoms with Crippen molar-refractivity contribution in [3.8, 4) is 11.1 Å². The smallest absolute Gasteiger partial charge is 0.411 e. The van der Waals surface area contributed by atoms with Crippen LogP contribution in [0.25, 0.3) is 11.1 Å². The van der Waals surface area contributed by atoms with Crippen molar-refractivity contribution in [3.63, 3.8) is 0 Å². The maximum absolute atomic E-state index is 13.2. The minimum absolute atomic E-state index is 0.167. The van der Waals surface area contributed by atoms with E-state index in [1.54, 1.807) is 30.9 Å². The summed E-state index contributed by atoms with van der Waals surface area (Å²) in [5, 5.41) is 10.6. The van der Waals surface area contributed by atoms with Crippen molar-refractivity contribution < 1.29 is 19.0 Å². The van der Waals surface area contributed by atoms with Gasteiger partial charge in [-0.1, -0.05) is 60.7 Å². The molecule has 34 heavy (non-hydrogen) atoms. The van der Waals surface area contributed by atoms with Crippen LogP contribution < -0.4 is 0 Å². The number of nitrogens with zero attached hydrogens (tertiary/aromatic N) is 1. The molecule has 1 saturated heterocycles. The number of carbonyl (C=O) groups is 1. The topological polar surface area (TPSA) is 49.8 Å². The normalized spacial score (nSPS) is 22.7. The number of halogens is 1. The van der Waals surface area contributed by atoms with Crippen LogP contribution >= 0.6 is 0 Å². The summed E-state index contributed by atoms with van der Waals surface area (Å²) in [5.41, 5.74) is 2.18. The van der Waals surface area contributed by atoms with Gasteiger partial charge in [0.15, 0.2) is 0 Å². The van der Waals surface area contributed by atoms with Gasteiger partial charge in [-0.25, -0.2) is 9.18 Å². The first kappa shape index (κ1) is 24.0. The number of cyclic esters (lactones) is 1.